The lowest BCUT2D eigenvalue weighted by Crippen LogP contribution is -2.31. The minimum absolute atomic E-state index is 0.00440. The Bertz CT molecular complexity index is 505. The predicted molar refractivity (Wildman–Crippen MR) is 74.4 cm³/mol. The first-order valence-electron chi connectivity index (χ1n) is 6.48. The molecular weight excluding hydrogens is 238 g/mol. The van der Waals surface area contributed by atoms with Crippen LogP contribution in [0.4, 0.5) is 4.79 Å². The van der Waals surface area contributed by atoms with Gasteiger partial charge in [0.15, 0.2) is 0 Å². The van der Waals surface area contributed by atoms with Gasteiger partial charge in [-0.1, -0.05) is 36.3 Å². The lowest BCUT2D eigenvalue weighted by molar-refractivity contribution is 0.167. The summed E-state index contributed by atoms with van der Waals surface area (Å²) in [4.78, 5) is 13.2. The number of benzene rings is 1. The highest BCUT2D eigenvalue weighted by atomic mass is 16.6. The van der Waals surface area contributed by atoms with Gasteiger partial charge in [0.1, 0.15) is 6.61 Å². The minimum atomic E-state index is -0.335. The first-order chi connectivity index (χ1) is 8.96. The van der Waals surface area contributed by atoms with Gasteiger partial charge in [0.05, 0.1) is 6.04 Å². The van der Waals surface area contributed by atoms with E-state index in [0.717, 1.165) is 6.42 Å². The average molecular weight is 257 g/mol. The van der Waals surface area contributed by atoms with Crippen molar-refractivity contribution in [3.63, 3.8) is 0 Å². The monoisotopic (exact) mass is 257 g/mol. The summed E-state index contributed by atoms with van der Waals surface area (Å²) in [6, 6.07) is 13.0. The maximum atomic E-state index is 11.7. The number of amides is 1. The zero-order chi connectivity index (χ0) is 13.9. The maximum Gasteiger partial charge on any atom is 0.422 e. The summed E-state index contributed by atoms with van der Waals surface area (Å²) in [5.41, 5.74) is 1.06. The Morgan fingerprint density at radius 3 is 2.63 bits per heavy atom. The van der Waals surface area contributed by atoms with Gasteiger partial charge in [-0.25, -0.2) is 9.69 Å². The maximum absolute atomic E-state index is 11.7. The summed E-state index contributed by atoms with van der Waals surface area (Å²) < 4.78 is 5.10. The molecule has 1 atom stereocenters. The van der Waals surface area contributed by atoms with Crippen molar-refractivity contribution in [3.05, 3.63) is 35.9 Å². The van der Waals surface area contributed by atoms with E-state index < -0.39 is 0 Å². The summed E-state index contributed by atoms with van der Waals surface area (Å²) in [5.74, 6) is 3.09. The van der Waals surface area contributed by atoms with Crippen LogP contribution in [-0.4, -0.2) is 23.6 Å². The van der Waals surface area contributed by atoms with Crippen LogP contribution in [-0.2, 0) is 11.2 Å². The van der Waals surface area contributed by atoms with E-state index in [0.29, 0.717) is 6.61 Å². The van der Waals surface area contributed by atoms with E-state index in [1.165, 1.54) is 10.5 Å². The molecule has 100 valence electrons. The molecule has 1 aliphatic rings. The second-order valence-corrected chi connectivity index (χ2v) is 5.78. The van der Waals surface area contributed by atoms with E-state index in [1.54, 1.807) is 0 Å². The summed E-state index contributed by atoms with van der Waals surface area (Å²) >= 11 is 0. The van der Waals surface area contributed by atoms with Crippen molar-refractivity contribution in [3.8, 4) is 12.0 Å². The molecule has 0 saturated carbocycles. The van der Waals surface area contributed by atoms with Gasteiger partial charge in [-0.15, -0.1) is 0 Å². The summed E-state index contributed by atoms with van der Waals surface area (Å²) in [6.45, 7) is 6.47. The number of hydrogen-bond acceptors (Lipinski definition) is 2. The van der Waals surface area contributed by atoms with Crippen molar-refractivity contribution in [1.29, 1.82) is 0 Å². The van der Waals surface area contributed by atoms with Crippen LogP contribution in [0.5, 0.6) is 0 Å². The van der Waals surface area contributed by atoms with Gasteiger partial charge < -0.3 is 4.74 Å². The molecule has 0 aromatic heterocycles. The van der Waals surface area contributed by atoms with Crippen LogP contribution < -0.4 is 0 Å². The van der Waals surface area contributed by atoms with Crippen LogP contribution in [0.1, 0.15) is 26.3 Å². The molecule has 0 aliphatic carbocycles. The summed E-state index contributed by atoms with van der Waals surface area (Å²) in [7, 11) is 0. The lowest BCUT2D eigenvalue weighted by Gasteiger charge is -2.16. The number of hydrogen-bond donors (Lipinski definition) is 0. The SMILES string of the molecule is CC(C)(C)C#CN1C(=O)OC[C@H]1Cc1ccccc1. The molecule has 1 aromatic rings. The van der Waals surface area contributed by atoms with Crippen molar-refractivity contribution >= 4 is 6.09 Å². The van der Waals surface area contributed by atoms with Gasteiger partial charge in [-0.05, 0) is 32.8 Å². The molecule has 1 fully saturated rings. The van der Waals surface area contributed by atoms with E-state index >= 15 is 0 Å². The highest BCUT2D eigenvalue weighted by molar-refractivity contribution is 5.72. The molecule has 1 saturated heterocycles. The van der Waals surface area contributed by atoms with Crippen LogP contribution >= 0.6 is 0 Å². The van der Waals surface area contributed by atoms with Crippen LogP contribution in [0.2, 0.25) is 0 Å². The number of carbonyl (C=O) groups excluding carboxylic acids is 1. The third-order valence-corrected chi connectivity index (χ3v) is 2.83. The largest absolute Gasteiger partial charge is 0.446 e. The van der Waals surface area contributed by atoms with Crippen LogP contribution in [0.3, 0.4) is 0 Å². The molecule has 1 amide bonds. The second kappa shape index (κ2) is 5.36. The van der Waals surface area contributed by atoms with E-state index in [-0.39, 0.29) is 17.6 Å². The molecule has 0 unspecified atom stereocenters. The number of nitrogens with zero attached hydrogens (tertiary/aromatic N) is 1. The summed E-state index contributed by atoms with van der Waals surface area (Å²) in [6.07, 6.45) is 0.434. The Hall–Kier alpha value is -1.95. The Kier molecular flexibility index (Phi) is 3.80. The van der Waals surface area contributed by atoms with E-state index in [4.69, 9.17) is 4.74 Å². The highest BCUT2D eigenvalue weighted by Crippen LogP contribution is 2.17. The van der Waals surface area contributed by atoms with Crippen LogP contribution in [0.15, 0.2) is 30.3 Å². The van der Waals surface area contributed by atoms with Crippen LogP contribution in [0.25, 0.3) is 0 Å². The zero-order valence-electron chi connectivity index (χ0n) is 11.6. The Morgan fingerprint density at radius 2 is 2.00 bits per heavy atom. The second-order valence-electron chi connectivity index (χ2n) is 5.78. The number of ether oxygens (including phenoxy) is 1. The van der Waals surface area contributed by atoms with Crippen molar-refractivity contribution in [2.24, 2.45) is 5.41 Å². The van der Waals surface area contributed by atoms with Gasteiger partial charge in [-0.2, -0.15) is 0 Å². The predicted octanol–water partition coefficient (Wildman–Crippen LogP) is 3.06. The molecular formula is C16H19NO2. The Balaban J connectivity index is 2.11. The van der Waals surface area contributed by atoms with E-state index in [1.807, 2.05) is 39.0 Å². The molecule has 1 aliphatic heterocycles. The average Bonchev–Trinajstić information content (AvgIpc) is 2.68. The van der Waals surface area contributed by atoms with Gasteiger partial charge >= 0.3 is 6.09 Å². The molecule has 0 N–H and O–H groups in total. The quantitative estimate of drug-likeness (QED) is 0.762. The fourth-order valence-electron chi connectivity index (χ4n) is 1.86. The number of rotatable bonds is 2. The molecule has 0 radical (unpaired) electrons. The van der Waals surface area contributed by atoms with Gasteiger partial charge in [0.2, 0.25) is 0 Å². The smallest absolute Gasteiger partial charge is 0.422 e. The number of cyclic esters (lactones) is 1. The zero-order valence-corrected chi connectivity index (χ0v) is 11.6. The molecule has 1 aromatic carbocycles. The molecule has 0 spiro atoms. The third-order valence-electron chi connectivity index (χ3n) is 2.83. The third kappa shape index (κ3) is 3.75. The molecule has 0 bridgehead atoms. The van der Waals surface area contributed by atoms with Gasteiger partial charge in [0.25, 0.3) is 0 Å². The first kappa shape index (κ1) is 13.5. The highest BCUT2D eigenvalue weighted by Gasteiger charge is 2.32. The first-order valence-corrected chi connectivity index (χ1v) is 6.48. The van der Waals surface area contributed by atoms with Crippen molar-refractivity contribution in [2.45, 2.75) is 33.2 Å². The molecule has 2 rings (SSSR count). The fraction of sp³-hybridized carbons (Fsp3) is 0.438. The topological polar surface area (TPSA) is 29.5 Å². The summed E-state index contributed by atoms with van der Waals surface area (Å²) in [5, 5.41) is 0. The normalized spacial score (nSPS) is 18.8. The lowest BCUT2D eigenvalue weighted by atomic mass is 9.98. The van der Waals surface area contributed by atoms with E-state index in [9.17, 15) is 4.79 Å². The van der Waals surface area contributed by atoms with Crippen LogP contribution in [0, 0.1) is 17.4 Å². The molecule has 1 heterocycles. The van der Waals surface area contributed by atoms with Crippen molar-refractivity contribution in [2.75, 3.05) is 6.61 Å². The standard InChI is InChI=1S/C16H19NO2/c1-16(2,3)9-10-17-14(12-19-15(17)18)11-13-7-5-4-6-8-13/h4-8,14H,11-12H2,1-3H3/t14-/m1/s1. The fourth-order valence-corrected chi connectivity index (χ4v) is 1.86. The molecule has 3 nitrogen and oxygen atoms in total. The Morgan fingerprint density at radius 1 is 1.32 bits per heavy atom. The number of carbonyl (C=O) groups is 1. The Labute approximate surface area is 114 Å². The molecule has 3 heteroatoms. The molecule has 19 heavy (non-hydrogen) atoms. The van der Waals surface area contributed by atoms with Crippen molar-refractivity contribution < 1.29 is 9.53 Å². The minimum Gasteiger partial charge on any atom is -0.446 e. The van der Waals surface area contributed by atoms with Crippen molar-refractivity contribution in [1.82, 2.24) is 4.90 Å². The van der Waals surface area contributed by atoms with Gasteiger partial charge in [0, 0.05) is 11.5 Å². The van der Waals surface area contributed by atoms with Gasteiger partial charge in [-0.3, -0.25) is 0 Å². The van der Waals surface area contributed by atoms with E-state index in [2.05, 4.69) is 24.1 Å².